The van der Waals surface area contributed by atoms with Crippen LogP contribution in [0.5, 0.6) is 0 Å². The molecule has 0 aliphatic heterocycles. The number of benzene rings is 1. The fourth-order valence-corrected chi connectivity index (χ4v) is 3.96. The average molecular weight is 446 g/mol. The van der Waals surface area contributed by atoms with Gasteiger partial charge in [-0.2, -0.15) is 4.52 Å². The summed E-state index contributed by atoms with van der Waals surface area (Å²) in [5.74, 6) is -1.25. The lowest BCUT2D eigenvalue weighted by molar-refractivity contribution is 0.0734. The zero-order valence-corrected chi connectivity index (χ0v) is 18.0. The Kier molecular flexibility index (Phi) is 5.48. The summed E-state index contributed by atoms with van der Waals surface area (Å²) in [6, 6.07) is 1.88. The van der Waals surface area contributed by atoms with Crippen molar-refractivity contribution in [2.75, 3.05) is 12.8 Å². The van der Waals surface area contributed by atoms with Gasteiger partial charge in [0, 0.05) is 25.6 Å². The van der Waals surface area contributed by atoms with Crippen molar-refractivity contribution in [1.29, 1.82) is 0 Å². The summed E-state index contributed by atoms with van der Waals surface area (Å²) >= 11 is 1.26. The average Bonchev–Trinajstić information content (AvgIpc) is 3.35. The predicted molar refractivity (Wildman–Crippen MR) is 112 cm³/mol. The minimum Gasteiger partial charge on any atom is -0.368 e. The van der Waals surface area contributed by atoms with Crippen molar-refractivity contribution in [3.63, 3.8) is 0 Å². The van der Waals surface area contributed by atoms with Crippen LogP contribution in [0.1, 0.15) is 40.4 Å². The van der Waals surface area contributed by atoms with Crippen molar-refractivity contribution in [1.82, 2.24) is 34.7 Å². The number of halogens is 2. The van der Waals surface area contributed by atoms with E-state index in [1.54, 1.807) is 18.9 Å². The van der Waals surface area contributed by atoms with Crippen LogP contribution in [0.3, 0.4) is 0 Å². The van der Waals surface area contributed by atoms with Gasteiger partial charge in [-0.05, 0) is 32.8 Å². The zero-order chi connectivity index (χ0) is 22.3. The number of amides is 1. The fraction of sp³-hybridized carbons (Fsp3) is 0.368. The first-order valence-corrected chi connectivity index (χ1v) is 10.4. The minimum absolute atomic E-state index is 0.0298. The summed E-state index contributed by atoms with van der Waals surface area (Å²) in [6.07, 6.45) is 1.90. The second kappa shape index (κ2) is 8.10. The SMILES string of the molecule is Cc1nnc(C(=O)N(C)[C@@H](C)CCCc2nc3c4cc(F)cc(F)c4nc(N)n3n2)s1. The molecule has 0 fully saturated rings. The monoisotopic (exact) mass is 446 g/mol. The summed E-state index contributed by atoms with van der Waals surface area (Å²) in [4.78, 5) is 22.5. The van der Waals surface area contributed by atoms with Gasteiger partial charge in [-0.1, -0.05) is 11.3 Å². The van der Waals surface area contributed by atoms with Crippen LogP contribution in [0.4, 0.5) is 14.7 Å². The molecule has 3 heterocycles. The molecule has 1 amide bonds. The molecule has 162 valence electrons. The van der Waals surface area contributed by atoms with Gasteiger partial charge in [0.05, 0.1) is 5.39 Å². The standard InChI is InChI=1S/C19H20F2N8OS/c1-9(28(3)18(30)17-26-25-10(2)31-17)5-4-6-14-23-16-12-7-11(20)8-13(21)15(12)24-19(22)29(16)27-14/h7-9H,4-6H2,1-3H3,(H2,22,24)/t9-/m0/s1. The quantitative estimate of drug-likeness (QED) is 0.484. The lowest BCUT2D eigenvalue weighted by atomic mass is 10.1. The van der Waals surface area contributed by atoms with Crippen molar-refractivity contribution < 1.29 is 13.6 Å². The van der Waals surface area contributed by atoms with E-state index in [-0.39, 0.29) is 34.4 Å². The minimum atomic E-state index is -0.805. The van der Waals surface area contributed by atoms with Crippen LogP contribution in [0.15, 0.2) is 12.1 Å². The maximum atomic E-state index is 14.1. The van der Waals surface area contributed by atoms with Crippen molar-refractivity contribution in [2.45, 2.75) is 39.2 Å². The van der Waals surface area contributed by atoms with E-state index in [0.29, 0.717) is 30.1 Å². The number of nitrogen functional groups attached to an aromatic ring is 1. The molecular formula is C19H20F2N8OS. The second-order valence-corrected chi connectivity index (χ2v) is 8.48. The smallest absolute Gasteiger partial charge is 0.284 e. The number of rotatable bonds is 6. The first-order chi connectivity index (χ1) is 14.7. The molecule has 9 nitrogen and oxygen atoms in total. The van der Waals surface area contributed by atoms with E-state index in [0.717, 1.165) is 17.1 Å². The molecule has 0 aliphatic carbocycles. The van der Waals surface area contributed by atoms with E-state index in [1.165, 1.54) is 15.9 Å². The van der Waals surface area contributed by atoms with Crippen LogP contribution in [0.2, 0.25) is 0 Å². The van der Waals surface area contributed by atoms with Crippen LogP contribution < -0.4 is 5.73 Å². The van der Waals surface area contributed by atoms with Crippen LogP contribution in [-0.4, -0.2) is 53.7 Å². The highest BCUT2D eigenvalue weighted by Gasteiger charge is 2.21. The number of carbonyl (C=O) groups excluding carboxylic acids is 1. The Morgan fingerprint density at radius 1 is 1.29 bits per heavy atom. The number of carbonyl (C=O) groups is 1. The molecule has 0 bridgehead atoms. The molecule has 0 spiro atoms. The topological polar surface area (TPSA) is 115 Å². The summed E-state index contributed by atoms with van der Waals surface area (Å²) in [5, 5.41) is 13.4. The van der Waals surface area contributed by atoms with E-state index in [1.807, 2.05) is 6.92 Å². The highest BCUT2D eigenvalue weighted by Crippen LogP contribution is 2.24. The van der Waals surface area contributed by atoms with E-state index in [2.05, 4.69) is 25.3 Å². The molecule has 3 aromatic heterocycles. The Hall–Kier alpha value is -3.28. The second-order valence-electron chi connectivity index (χ2n) is 7.30. The van der Waals surface area contributed by atoms with E-state index in [4.69, 9.17) is 5.73 Å². The predicted octanol–water partition coefficient (Wildman–Crippen LogP) is 2.78. The highest BCUT2D eigenvalue weighted by molar-refractivity contribution is 7.13. The molecule has 4 aromatic rings. The number of fused-ring (bicyclic) bond motifs is 3. The number of nitrogens with zero attached hydrogens (tertiary/aromatic N) is 7. The summed E-state index contributed by atoms with van der Waals surface area (Å²) in [5.41, 5.74) is 6.09. The van der Waals surface area contributed by atoms with Gasteiger partial charge in [-0.25, -0.2) is 18.7 Å². The maximum absolute atomic E-state index is 14.1. The van der Waals surface area contributed by atoms with Crippen molar-refractivity contribution in [2.24, 2.45) is 0 Å². The largest absolute Gasteiger partial charge is 0.368 e. The number of hydrogen-bond acceptors (Lipinski definition) is 8. The van der Waals surface area contributed by atoms with E-state index < -0.39 is 11.6 Å². The number of nitrogens with two attached hydrogens (primary N) is 1. The third-order valence-electron chi connectivity index (χ3n) is 5.08. The highest BCUT2D eigenvalue weighted by atomic mass is 32.1. The summed E-state index contributed by atoms with van der Waals surface area (Å²) in [6.45, 7) is 3.75. The molecule has 0 saturated carbocycles. The first kappa shape index (κ1) is 21.0. The van der Waals surface area contributed by atoms with Gasteiger partial charge in [0.1, 0.15) is 16.3 Å². The molecule has 0 unspecified atom stereocenters. The van der Waals surface area contributed by atoms with Gasteiger partial charge in [0.15, 0.2) is 17.3 Å². The number of hydrogen-bond donors (Lipinski definition) is 1. The van der Waals surface area contributed by atoms with Crippen LogP contribution >= 0.6 is 11.3 Å². The van der Waals surface area contributed by atoms with Gasteiger partial charge in [-0.3, -0.25) is 4.79 Å². The van der Waals surface area contributed by atoms with Crippen LogP contribution in [0, 0.1) is 18.6 Å². The van der Waals surface area contributed by atoms with Gasteiger partial charge < -0.3 is 10.6 Å². The third-order valence-corrected chi connectivity index (χ3v) is 5.90. The Labute approximate surface area is 179 Å². The Bertz CT molecular complexity index is 1290. The summed E-state index contributed by atoms with van der Waals surface area (Å²) < 4.78 is 29.0. The Morgan fingerprint density at radius 3 is 2.77 bits per heavy atom. The summed E-state index contributed by atoms with van der Waals surface area (Å²) in [7, 11) is 1.73. The number of aromatic nitrogens is 6. The van der Waals surface area contributed by atoms with E-state index in [9.17, 15) is 13.6 Å². The molecule has 1 aromatic carbocycles. The molecule has 4 rings (SSSR count). The number of aryl methyl sites for hydroxylation is 2. The molecule has 2 N–H and O–H groups in total. The normalized spacial score (nSPS) is 12.5. The van der Waals surface area contributed by atoms with Crippen molar-refractivity contribution >= 4 is 39.7 Å². The Balaban J connectivity index is 1.47. The van der Waals surface area contributed by atoms with Crippen molar-refractivity contribution in [3.05, 3.63) is 39.6 Å². The van der Waals surface area contributed by atoms with Gasteiger partial charge in [-0.15, -0.1) is 15.3 Å². The molecular weight excluding hydrogens is 426 g/mol. The van der Waals surface area contributed by atoms with Crippen LogP contribution in [-0.2, 0) is 6.42 Å². The molecule has 0 aliphatic rings. The van der Waals surface area contributed by atoms with E-state index >= 15 is 0 Å². The lowest BCUT2D eigenvalue weighted by Crippen LogP contribution is -2.35. The van der Waals surface area contributed by atoms with Crippen molar-refractivity contribution in [3.8, 4) is 0 Å². The molecule has 12 heteroatoms. The van der Waals surface area contributed by atoms with Gasteiger partial charge >= 0.3 is 0 Å². The van der Waals surface area contributed by atoms with Gasteiger partial charge in [0.25, 0.3) is 5.91 Å². The first-order valence-electron chi connectivity index (χ1n) is 9.61. The fourth-order valence-electron chi connectivity index (χ4n) is 3.29. The lowest BCUT2D eigenvalue weighted by Gasteiger charge is -2.23. The number of anilines is 1. The molecule has 0 saturated heterocycles. The van der Waals surface area contributed by atoms with Gasteiger partial charge in [0.2, 0.25) is 11.0 Å². The Morgan fingerprint density at radius 2 is 2.06 bits per heavy atom. The molecule has 0 radical (unpaired) electrons. The molecule has 31 heavy (non-hydrogen) atoms. The third kappa shape index (κ3) is 4.02. The maximum Gasteiger partial charge on any atom is 0.284 e. The zero-order valence-electron chi connectivity index (χ0n) is 17.1. The molecule has 1 atom stereocenters. The van der Waals surface area contributed by atoms with Crippen LogP contribution in [0.25, 0.3) is 16.6 Å².